The van der Waals surface area contributed by atoms with E-state index in [-0.39, 0.29) is 16.8 Å². The Morgan fingerprint density at radius 2 is 1.83 bits per heavy atom. The second-order valence-corrected chi connectivity index (χ2v) is 6.62. The van der Waals surface area contributed by atoms with Crippen LogP contribution in [0.3, 0.4) is 0 Å². The van der Waals surface area contributed by atoms with E-state index in [0.29, 0.717) is 22.0 Å². The van der Waals surface area contributed by atoms with E-state index in [4.69, 9.17) is 16.7 Å². The van der Waals surface area contributed by atoms with Crippen LogP contribution >= 0.6 is 11.6 Å². The van der Waals surface area contributed by atoms with Crippen molar-refractivity contribution in [3.05, 3.63) is 76.2 Å². The topological polar surface area (TPSA) is 92.2 Å². The first-order valence-corrected chi connectivity index (χ1v) is 8.79. The van der Waals surface area contributed by atoms with Crippen LogP contribution in [0.1, 0.15) is 32.1 Å². The number of benzene rings is 1. The number of carboxylic acid groups (broad SMARTS) is 1. The molecule has 3 rings (SSSR count). The van der Waals surface area contributed by atoms with Crippen molar-refractivity contribution < 1.29 is 27.9 Å². The van der Waals surface area contributed by atoms with Crippen LogP contribution in [0, 0.1) is 6.92 Å². The minimum Gasteiger partial charge on any atom is -0.478 e. The second kappa shape index (κ2) is 8.11. The summed E-state index contributed by atoms with van der Waals surface area (Å²) >= 11 is 6.19. The zero-order valence-corrected chi connectivity index (χ0v) is 16.0. The van der Waals surface area contributed by atoms with Gasteiger partial charge in [-0.25, -0.2) is 9.78 Å². The number of aromatic carboxylic acids is 1. The molecule has 0 bridgehead atoms. The van der Waals surface area contributed by atoms with Crippen LogP contribution in [0.25, 0.3) is 11.3 Å². The van der Waals surface area contributed by atoms with Crippen LogP contribution < -0.4 is 5.32 Å². The standard InChI is InChI=1S/C20H13ClF3N3O3/c1-10-13(4-7-17(26-10)20(22,23)24)18(28)27-12-3-5-15(21)14(8-12)16-6-2-11(9-25-16)19(29)30/h2-9H,1H3,(H,27,28)(H,29,30). The Morgan fingerprint density at radius 3 is 2.40 bits per heavy atom. The molecule has 2 heterocycles. The van der Waals surface area contributed by atoms with Gasteiger partial charge in [-0.05, 0) is 49.4 Å². The largest absolute Gasteiger partial charge is 0.478 e. The van der Waals surface area contributed by atoms with Crippen molar-refractivity contribution in [3.63, 3.8) is 0 Å². The maximum atomic E-state index is 12.7. The van der Waals surface area contributed by atoms with Crippen LogP contribution in [-0.4, -0.2) is 27.0 Å². The van der Waals surface area contributed by atoms with E-state index in [2.05, 4.69) is 15.3 Å². The van der Waals surface area contributed by atoms with Crippen LogP contribution in [0.5, 0.6) is 0 Å². The molecule has 0 spiro atoms. The normalized spacial score (nSPS) is 11.2. The zero-order valence-electron chi connectivity index (χ0n) is 15.3. The summed E-state index contributed by atoms with van der Waals surface area (Å²) in [6.45, 7) is 1.31. The molecule has 0 atom stereocenters. The van der Waals surface area contributed by atoms with Crippen molar-refractivity contribution in [2.24, 2.45) is 0 Å². The predicted molar refractivity (Wildman–Crippen MR) is 104 cm³/mol. The molecule has 6 nitrogen and oxygen atoms in total. The van der Waals surface area contributed by atoms with Crippen LogP contribution in [0.15, 0.2) is 48.7 Å². The number of aryl methyl sites for hydroxylation is 1. The Bertz CT molecular complexity index is 1130. The summed E-state index contributed by atoms with van der Waals surface area (Å²) < 4.78 is 38.2. The maximum Gasteiger partial charge on any atom is 0.433 e. The van der Waals surface area contributed by atoms with E-state index < -0.39 is 23.7 Å². The molecule has 0 aliphatic rings. The number of halogens is 4. The van der Waals surface area contributed by atoms with Crippen molar-refractivity contribution in [1.82, 2.24) is 9.97 Å². The molecule has 0 radical (unpaired) electrons. The van der Waals surface area contributed by atoms with Crippen molar-refractivity contribution in [3.8, 4) is 11.3 Å². The van der Waals surface area contributed by atoms with Gasteiger partial charge in [0.05, 0.1) is 27.5 Å². The quantitative estimate of drug-likeness (QED) is 0.596. The second-order valence-electron chi connectivity index (χ2n) is 6.21. The van der Waals surface area contributed by atoms with Crippen molar-refractivity contribution in [1.29, 1.82) is 0 Å². The van der Waals surface area contributed by atoms with Crippen molar-refractivity contribution in [2.75, 3.05) is 5.32 Å². The SMILES string of the molecule is Cc1nc(C(F)(F)F)ccc1C(=O)Nc1ccc(Cl)c(-c2ccc(C(=O)O)cn2)c1. The number of pyridine rings is 2. The summed E-state index contributed by atoms with van der Waals surface area (Å²) in [6.07, 6.45) is -3.43. The summed E-state index contributed by atoms with van der Waals surface area (Å²) in [4.78, 5) is 31.0. The van der Waals surface area contributed by atoms with Gasteiger partial charge in [-0.2, -0.15) is 13.2 Å². The molecule has 154 valence electrons. The molecule has 2 aromatic heterocycles. The fourth-order valence-electron chi connectivity index (χ4n) is 2.64. The zero-order chi connectivity index (χ0) is 22.1. The van der Waals surface area contributed by atoms with E-state index in [9.17, 15) is 22.8 Å². The van der Waals surface area contributed by atoms with Gasteiger partial charge >= 0.3 is 12.1 Å². The highest BCUT2D eigenvalue weighted by Gasteiger charge is 2.33. The molecule has 10 heteroatoms. The molecule has 1 aromatic carbocycles. The lowest BCUT2D eigenvalue weighted by Crippen LogP contribution is -2.16. The summed E-state index contributed by atoms with van der Waals surface area (Å²) in [7, 11) is 0. The van der Waals surface area contributed by atoms with E-state index in [1.54, 1.807) is 0 Å². The number of carboxylic acids is 1. The van der Waals surface area contributed by atoms with Gasteiger partial charge in [-0.3, -0.25) is 9.78 Å². The predicted octanol–water partition coefficient (Wildman–Crippen LogP) is 5.07. The molecule has 0 aliphatic carbocycles. The number of carbonyl (C=O) groups is 2. The number of hydrogen-bond donors (Lipinski definition) is 2. The summed E-state index contributed by atoms with van der Waals surface area (Å²) in [5.41, 5.74) is -0.0124. The number of anilines is 1. The van der Waals surface area contributed by atoms with Crippen molar-refractivity contribution >= 4 is 29.2 Å². The first kappa shape index (κ1) is 21.3. The highest BCUT2D eigenvalue weighted by Crippen LogP contribution is 2.30. The average molecular weight is 436 g/mol. The first-order chi connectivity index (χ1) is 14.1. The van der Waals surface area contributed by atoms with Gasteiger partial charge in [-0.1, -0.05) is 11.6 Å². The third-order valence-electron chi connectivity index (χ3n) is 4.13. The third-order valence-corrected chi connectivity index (χ3v) is 4.46. The summed E-state index contributed by atoms with van der Waals surface area (Å²) in [5, 5.41) is 11.9. The highest BCUT2D eigenvalue weighted by molar-refractivity contribution is 6.33. The number of carbonyl (C=O) groups excluding carboxylic acids is 1. The Balaban J connectivity index is 1.86. The molecule has 0 saturated carbocycles. The Morgan fingerprint density at radius 1 is 1.10 bits per heavy atom. The fraction of sp³-hybridized carbons (Fsp3) is 0.100. The minimum absolute atomic E-state index is 0.00427. The fourth-order valence-corrected chi connectivity index (χ4v) is 2.85. The maximum absolute atomic E-state index is 12.7. The molecule has 0 saturated heterocycles. The van der Waals surface area contributed by atoms with Crippen LogP contribution in [-0.2, 0) is 6.18 Å². The lowest BCUT2D eigenvalue weighted by molar-refractivity contribution is -0.141. The molecule has 2 N–H and O–H groups in total. The number of aromatic nitrogens is 2. The van der Waals surface area contributed by atoms with Gasteiger partial charge in [0, 0.05) is 17.4 Å². The van der Waals surface area contributed by atoms with E-state index in [1.807, 2.05) is 0 Å². The number of amides is 1. The Labute approximate surface area is 173 Å². The number of nitrogens with zero attached hydrogens (tertiary/aromatic N) is 2. The Kier molecular flexibility index (Phi) is 5.75. The van der Waals surface area contributed by atoms with Gasteiger partial charge in [0.15, 0.2) is 0 Å². The summed E-state index contributed by atoms with van der Waals surface area (Å²) in [5.74, 6) is -1.77. The van der Waals surface area contributed by atoms with E-state index in [0.717, 1.165) is 12.1 Å². The molecule has 0 unspecified atom stereocenters. The molecule has 3 aromatic rings. The van der Waals surface area contributed by atoms with Crippen LogP contribution in [0.4, 0.5) is 18.9 Å². The summed E-state index contributed by atoms with van der Waals surface area (Å²) in [6, 6.07) is 9.19. The molecule has 0 aliphatic heterocycles. The molecular formula is C20H13ClF3N3O3. The van der Waals surface area contributed by atoms with E-state index >= 15 is 0 Å². The van der Waals surface area contributed by atoms with Gasteiger partial charge in [0.2, 0.25) is 0 Å². The number of nitrogens with one attached hydrogen (secondary N) is 1. The molecule has 0 fully saturated rings. The van der Waals surface area contributed by atoms with Gasteiger partial charge in [0.25, 0.3) is 5.91 Å². The highest BCUT2D eigenvalue weighted by atomic mass is 35.5. The lowest BCUT2D eigenvalue weighted by atomic mass is 10.1. The number of alkyl halides is 3. The molecular weight excluding hydrogens is 423 g/mol. The third kappa shape index (κ3) is 4.57. The average Bonchev–Trinajstić information content (AvgIpc) is 2.68. The van der Waals surface area contributed by atoms with Gasteiger partial charge in [0.1, 0.15) is 5.69 Å². The molecule has 1 amide bonds. The number of rotatable bonds is 4. The van der Waals surface area contributed by atoms with Crippen molar-refractivity contribution in [2.45, 2.75) is 13.1 Å². The van der Waals surface area contributed by atoms with Gasteiger partial charge < -0.3 is 10.4 Å². The van der Waals surface area contributed by atoms with Crippen LogP contribution in [0.2, 0.25) is 5.02 Å². The monoisotopic (exact) mass is 435 g/mol. The lowest BCUT2D eigenvalue weighted by Gasteiger charge is -2.12. The van der Waals surface area contributed by atoms with Gasteiger partial charge in [-0.15, -0.1) is 0 Å². The first-order valence-electron chi connectivity index (χ1n) is 8.41. The smallest absolute Gasteiger partial charge is 0.433 e. The van der Waals surface area contributed by atoms with E-state index in [1.165, 1.54) is 43.5 Å². The Hall–Kier alpha value is -3.46. The number of hydrogen-bond acceptors (Lipinski definition) is 4. The molecule has 30 heavy (non-hydrogen) atoms. The minimum atomic E-state index is -4.60.